The number of thiophene rings is 1. The zero-order valence-corrected chi connectivity index (χ0v) is 13.9. The molecule has 2 aromatic rings. The summed E-state index contributed by atoms with van der Waals surface area (Å²) in [7, 11) is 3.38. The lowest BCUT2D eigenvalue weighted by Crippen LogP contribution is -2.29. The van der Waals surface area contributed by atoms with Gasteiger partial charge in [0, 0.05) is 23.7 Å². The second-order valence-corrected chi connectivity index (χ2v) is 5.46. The fourth-order valence-corrected chi connectivity index (χ4v) is 2.56. The Bertz CT molecular complexity index is 612. The van der Waals surface area contributed by atoms with Crippen LogP contribution in [0.15, 0.2) is 40.7 Å². The molecule has 118 valence electrons. The molecule has 2 rings (SSSR count). The van der Waals surface area contributed by atoms with Crippen LogP contribution in [0.3, 0.4) is 0 Å². The summed E-state index contributed by atoms with van der Waals surface area (Å²) in [5.74, 6) is 2.14. The van der Waals surface area contributed by atoms with Crippen LogP contribution in [0.1, 0.15) is 11.8 Å². The average Bonchev–Trinajstić information content (AvgIpc) is 3.06. The zero-order valence-electron chi connectivity index (χ0n) is 13.1. The molecule has 0 radical (unpaired) electrons. The molecule has 0 atom stereocenters. The van der Waals surface area contributed by atoms with Crippen LogP contribution in [-0.4, -0.2) is 26.7 Å². The third-order valence-corrected chi connectivity index (χ3v) is 3.84. The summed E-state index contributed by atoms with van der Waals surface area (Å²) in [5, 5.41) is 8.58. The Morgan fingerprint density at radius 3 is 2.77 bits per heavy atom. The second-order valence-electron chi connectivity index (χ2n) is 4.43. The molecule has 0 fully saturated rings. The van der Waals surface area contributed by atoms with Gasteiger partial charge in [-0.1, -0.05) is 6.07 Å². The summed E-state index contributed by atoms with van der Waals surface area (Å²) < 4.78 is 10.9. The molecule has 1 heterocycles. The number of hydrogen-bond donors (Lipinski definition) is 2. The number of hydrogen-bond acceptors (Lipinski definition) is 4. The molecule has 0 aliphatic heterocycles. The molecular formula is C16H21N3O2S. The summed E-state index contributed by atoms with van der Waals surface area (Å²) in [6.07, 6.45) is 0. The molecular weight excluding hydrogens is 298 g/mol. The van der Waals surface area contributed by atoms with Gasteiger partial charge in [-0.05, 0) is 30.5 Å². The van der Waals surface area contributed by atoms with Crippen LogP contribution in [0.2, 0.25) is 0 Å². The first-order valence-corrected chi connectivity index (χ1v) is 7.95. The smallest absolute Gasteiger partial charge is 0.195 e. The predicted molar refractivity (Wildman–Crippen MR) is 92.3 cm³/mol. The first-order chi connectivity index (χ1) is 10.8. The van der Waals surface area contributed by atoms with E-state index in [1.54, 1.807) is 25.5 Å². The van der Waals surface area contributed by atoms with E-state index in [1.165, 1.54) is 4.88 Å². The minimum Gasteiger partial charge on any atom is -0.493 e. The number of aliphatic imine (C=N–C) groups is 1. The molecule has 1 aromatic heterocycles. The molecule has 0 saturated heterocycles. The first kappa shape index (κ1) is 16.2. The normalized spacial score (nSPS) is 11.1. The highest BCUT2D eigenvalue weighted by Gasteiger charge is 2.07. The Morgan fingerprint density at radius 1 is 1.27 bits per heavy atom. The van der Waals surface area contributed by atoms with E-state index in [4.69, 9.17) is 9.47 Å². The van der Waals surface area contributed by atoms with Crippen molar-refractivity contribution in [3.05, 3.63) is 40.6 Å². The SMILES string of the molecule is CCOc1ccc(NC(=NC)NCc2cccs2)cc1OC. The number of anilines is 1. The van der Waals surface area contributed by atoms with Gasteiger partial charge in [0.1, 0.15) is 0 Å². The third-order valence-electron chi connectivity index (χ3n) is 2.96. The molecule has 0 amide bonds. The molecule has 6 heteroatoms. The standard InChI is InChI=1S/C16H21N3O2S/c1-4-21-14-8-7-12(10-15(14)20-3)19-16(17-2)18-11-13-6-5-9-22-13/h5-10H,4,11H2,1-3H3,(H2,17,18,19). The van der Waals surface area contributed by atoms with Gasteiger partial charge in [0.2, 0.25) is 0 Å². The summed E-state index contributed by atoms with van der Waals surface area (Å²) >= 11 is 1.71. The van der Waals surface area contributed by atoms with Crippen LogP contribution in [0.4, 0.5) is 5.69 Å². The number of nitrogens with zero attached hydrogens (tertiary/aromatic N) is 1. The van der Waals surface area contributed by atoms with Crippen LogP contribution in [0.25, 0.3) is 0 Å². The Labute approximate surface area is 135 Å². The summed E-state index contributed by atoms with van der Waals surface area (Å²) in [6, 6.07) is 9.84. The molecule has 0 aliphatic carbocycles. The quantitative estimate of drug-likeness (QED) is 0.633. The fraction of sp³-hybridized carbons (Fsp3) is 0.312. The Balaban J connectivity index is 2.01. The van der Waals surface area contributed by atoms with E-state index in [0.29, 0.717) is 18.3 Å². The Hall–Kier alpha value is -2.21. The summed E-state index contributed by atoms with van der Waals surface area (Å²) in [5.41, 5.74) is 0.889. The molecule has 2 N–H and O–H groups in total. The first-order valence-electron chi connectivity index (χ1n) is 7.07. The monoisotopic (exact) mass is 319 g/mol. The van der Waals surface area contributed by atoms with Crippen molar-refractivity contribution < 1.29 is 9.47 Å². The van der Waals surface area contributed by atoms with E-state index in [2.05, 4.69) is 27.1 Å². The van der Waals surface area contributed by atoms with E-state index in [1.807, 2.05) is 31.2 Å². The lowest BCUT2D eigenvalue weighted by atomic mass is 10.2. The largest absolute Gasteiger partial charge is 0.493 e. The van der Waals surface area contributed by atoms with Gasteiger partial charge in [-0.25, -0.2) is 0 Å². The van der Waals surface area contributed by atoms with Gasteiger partial charge in [-0.15, -0.1) is 11.3 Å². The van der Waals surface area contributed by atoms with Crippen molar-refractivity contribution in [2.45, 2.75) is 13.5 Å². The third kappa shape index (κ3) is 4.39. The fourth-order valence-electron chi connectivity index (χ4n) is 1.92. The maximum Gasteiger partial charge on any atom is 0.195 e. The maximum atomic E-state index is 5.51. The van der Waals surface area contributed by atoms with E-state index in [-0.39, 0.29) is 0 Å². The van der Waals surface area contributed by atoms with Crippen molar-refractivity contribution in [2.75, 3.05) is 26.1 Å². The zero-order chi connectivity index (χ0) is 15.8. The van der Waals surface area contributed by atoms with E-state index in [9.17, 15) is 0 Å². The molecule has 0 saturated carbocycles. The molecule has 0 aliphatic rings. The highest BCUT2D eigenvalue weighted by molar-refractivity contribution is 7.09. The van der Waals surface area contributed by atoms with Crippen LogP contribution >= 0.6 is 11.3 Å². The minimum atomic E-state index is 0.604. The van der Waals surface area contributed by atoms with Crippen molar-refractivity contribution in [1.82, 2.24) is 5.32 Å². The molecule has 0 unspecified atom stereocenters. The lowest BCUT2D eigenvalue weighted by Gasteiger charge is -2.14. The van der Waals surface area contributed by atoms with Gasteiger partial charge >= 0.3 is 0 Å². The Morgan fingerprint density at radius 2 is 2.14 bits per heavy atom. The van der Waals surface area contributed by atoms with Crippen molar-refractivity contribution in [2.24, 2.45) is 4.99 Å². The summed E-state index contributed by atoms with van der Waals surface area (Å²) in [6.45, 7) is 3.29. The lowest BCUT2D eigenvalue weighted by molar-refractivity contribution is 0.311. The van der Waals surface area contributed by atoms with Gasteiger partial charge in [-0.2, -0.15) is 0 Å². The predicted octanol–water partition coefficient (Wildman–Crippen LogP) is 3.34. The Kier molecular flexibility index (Phi) is 6.09. The van der Waals surface area contributed by atoms with Gasteiger partial charge in [0.05, 0.1) is 20.3 Å². The number of guanidine groups is 1. The number of rotatable bonds is 6. The number of nitrogens with one attached hydrogen (secondary N) is 2. The van der Waals surface area contributed by atoms with Gasteiger partial charge in [-0.3, -0.25) is 4.99 Å². The van der Waals surface area contributed by atoms with Crippen molar-refractivity contribution >= 4 is 23.0 Å². The number of methoxy groups -OCH3 is 1. The molecule has 0 bridgehead atoms. The molecule has 0 spiro atoms. The molecule has 22 heavy (non-hydrogen) atoms. The van der Waals surface area contributed by atoms with Gasteiger partial charge in [0.15, 0.2) is 17.5 Å². The topological polar surface area (TPSA) is 54.9 Å². The minimum absolute atomic E-state index is 0.604. The van der Waals surface area contributed by atoms with Crippen LogP contribution in [0.5, 0.6) is 11.5 Å². The number of benzene rings is 1. The second kappa shape index (κ2) is 8.29. The van der Waals surface area contributed by atoms with E-state index < -0.39 is 0 Å². The molecule has 1 aromatic carbocycles. The van der Waals surface area contributed by atoms with Crippen LogP contribution in [0, 0.1) is 0 Å². The van der Waals surface area contributed by atoms with Crippen LogP contribution in [-0.2, 0) is 6.54 Å². The van der Waals surface area contributed by atoms with Crippen LogP contribution < -0.4 is 20.1 Å². The van der Waals surface area contributed by atoms with E-state index in [0.717, 1.165) is 18.0 Å². The van der Waals surface area contributed by atoms with Crippen molar-refractivity contribution in [3.63, 3.8) is 0 Å². The summed E-state index contributed by atoms with van der Waals surface area (Å²) in [4.78, 5) is 5.48. The van der Waals surface area contributed by atoms with Crippen molar-refractivity contribution in [1.29, 1.82) is 0 Å². The highest BCUT2D eigenvalue weighted by Crippen LogP contribution is 2.30. The van der Waals surface area contributed by atoms with E-state index >= 15 is 0 Å². The molecule has 5 nitrogen and oxygen atoms in total. The average molecular weight is 319 g/mol. The maximum absolute atomic E-state index is 5.51. The number of ether oxygens (including phenoxy) is 2. The van der Waals surface area contributed by atoms with Gasteiger partial charge < -0.3 is 20.1 Å². The highest BCUT2D eigenvalue weighted by atomic mass is 32.1. The van der Waals surface area contributed by atoms with Gasteiger partial charge in [0.25, 0.3) is 0 Å². The van der Waals surface area contributed by atoms with Crippen molar-refractivity contribution in [3.8, 4) is 11.5 Å².